The van der Waals surface area contributed by atoms with E-state index in [9.17, 15) is 33.1 Å². The van der Waals surface area contributed by atoms with E-state index < -0.39 is 29.3 Å². The average molecular weight is 851 g/mol. The molecule has 5 fully saturated rings. The number of hydrogen-bond donors (Lipinski definition) is 3. The number of aromatic hydroxyl groups is 1. The standard InChI is InChI=1S/C47H56F2N8O5/c1-30-2-5-32(26-41(30)56-17-12-42(58)51-46(56)62)45(61)55-18-15-47(16-19-55)13-10-35(11-14-47)53-20-22-54(23-21-53)37-9-6-33-29-57(52-40(33)27-37)36-7-3-31(4-8-36)28-50-44(60)34-24-38(48)43(59)39(49)25-34/h2,5-6,9,24-27,29,31,35-36,59H,3-4,7-8,10-23,28H2,1H3,(H,50,60)(H,51,58,62). The first-order valence-electron chi connectivity index (χ1n) is 22.4. The molecule has 0 bridgehead atoms. The number of nitrogens with zero attached hydrogens (tertiary/aromatic N) is 6. The predicted molar refractivity (Wildman–Crippen MR) is 231 cm³/mol. The molecule has 15 heteroatoms. The number of carbonyl (C=O) groups is 4. The van der Waals surface area contributed by atoms with Crippen LogP contribution in [-0.2, 0) is 4.79 Å². The van der Waals surface area contributed by atoms with Crippen LogP contribution in [0.15, 0.2) is 54.7 Å². The topological polar surface area (TPSA) is 143 Å². The van der Waals surface area contributed by atoms with Crippen LogP contribution in [0.3, 0.4) is 0 Å². The number of urea groups is 1. The fourth-order valence-corrected chi connectivity index (χ4v) is 10.7. The largest absolute Gasteiger partial charge is 0.503 e. The number of phenols is 1. The minimum absolute atomic E-state index is 0.00339. The number of rotatable bonds is 8. The number of fused-ring (bicyclic) bond motifs is 1. The van der Waals surface area contributed by atoms with Gasteiger partial charge in [-0.2, -0.15) is 5.10 Å². The quantitative estimate of drug-likeness (QED) is 0.174. The Morgan fingerprint density at radius 2 is 1.53 bits per heavy atom. The molecule has 2 aliphatic carbocycles. The van der Waals surface area contributed by atoms with Gasteiger partial charge >= 0.3 is 6.03 Å². The summed E-state index contributed by atoms with van der Waals surface area (Å²) in [7, 11) is 0. The number of piperazine rings is 1. The lowest BCUT2D eigenvalue weighted by atomic mass is 9.66. The highest BCUT2D eigenvalue weighted by molar-refractivity contribution is 6.06. The highest BCUT2D eigenvalue weighted by Gasteiger charge is 2.41. The Kier molecular flexibility index (Phi) is 11.7. The summed E-state index contributed by atoms with van der Waals surface area (Å²) in [5, 5.41) is 20.6. The third kappa shape index (κ3) is 8.60. The van der Waals surface area contributed by atoms with Crippen LogP contribution >= 0.6 is 0 Å². The lowest BCUT2D eigenvalue weighted by Crippen LogP contribution is -2.52. The highest BCUT2D eigenvalue weighted by Crippen LogP contribution is 2.46. The summed E-state index contributed by atoms with van der Waals surface area (Å²) in [4.78, 5) is 59.1. The Labute approximate surface area is 360 Å². The molecule has 0 unspecified atom stereocenters. The van der Waals surface area contributed by atoms with Gasteiger partial charge in [0.2, 0.25) is 5.91 Å². The maximum atomic E-state index is 13.7. The number of hydrogen-bond acceptors (Lipinski definition) is 8. The third-order valence-corrected chi connectivity index (χ3v) is 14.7. The van der Waals surface area contributed by atoms with E-state index in [-0.39, 0.29) is 35.8 Å². The normalized spacial score (nSPS) is 22.6. The van der Waals surface area contributed by atoms with Crippen molar-refractivity contribution in [3.63, 3.8) is 0 Å². The molecular formula is C47H56F2N8O5. The molecule has 5 amide bonds. The Bertz CT molecular complexity index is 2330. The minimum Gasteiger partial charge on any atom is -0.503 e. The Hall–Kier alpha value is -5.57. The van der Waals surface area contributed by atoms with E-state index in [0.29, 0.717) is 35.8 Å². The number of imide groups is 1. The second-order valence-electron chi connectivity index (χ2n) is 18.3. The van der Waals surface area contributed by atoms with E-state index >= 15 is 0 Å². The van der Waals surface area contributed by atoms with Crippen LogP contribution in [0.1, 0.15) is 103 Å². The SMILES string of the molecule is Cc1ccc(C(=O)N2CCC3(CCC(N4CCN(c5ccc6cn(C7CCC(CNC(=O)c8cc(F)c(O)c(F)c8)CC7)nc6c5)CC4)CC3)CC2)cc1N1CCC(=O)NC1=O. The van der Waals surface area contributed by atoms with Gasteiger partial charge in [-0.1, -0.05) is 6.07 Å². The van der Waals surface area contributed by atoms with Crippen LogP contribution in [0.25, 0.3) is 10.9 Å². The fraction of sp³-hybridized carbons (Fsp3) is 0.511. The molecule has 1 spiro atoms. The number of anilines is 2. The van der Waals surface area contributed by atoms with Gasteiger partial charge in [0.15, 0.2) is 17.4 Å². The van der Waals surface area contributed by atoms with Crippen molar-refractivity contribution < 1.29 is 33.1 Å². The van der Waals surface area contributed by atoms with Crippen LogP contribution in [0.2, 0.25) is 0 Å². The van der Waals surface area contributed by atoms with Gasteiger partial charge < -0.3 is 20.2 Å². The first-order valence-corrected chi connectivity index (χ1v) is 22.4. The van der Waals surface area contributed by atoms with Gasteiger partial charge in [-0.15, -0.1) is 0 Å². The van der Waals surface area contributed by atoms with E-state index in [2.05, 4.69) is 49.5 Å². The molecule has 2 saturated carbocycles. The highest BCUT2D eigenvalue weighted by atomic mass is 19.1. The predicted octanol–water partition coefficient (Wildman–Crippen LogP) is 6.92. The molecule has 5 aliphatic rings. The van der Waals surface area contributed by atoms with Gasteiger partial charge in [0.1, 0.15) is 0 Å². The molecule has 3 aromatic carbocycles. The maximum Gasteiger partial charge on any atom is 0.328 e. The van der Waals surface area contributed by atoms with Crippen molar-refractivity contribution in [1.29, 1.82) is 0 Å². The summed E-state index contributed by atoms with van der Waals surface area (Å²) in [6, 6.07) is 14.3. The summed E-state index contributed by atoms with van der Waals surface area (Å²) in [6.07, 6.45) is 12.9. The molecule has 3 aliphatic heterocycles. The first kappa shape index (κ1) is 41.8. The molecule has 1 aromatic heterocycles. The molecule has 4 aromatic rings. The fourth-order valence-electron chi connectivity index (χ4n) is 10.7. The summed E-state index contributed by atoms with van der Waals surface area (Å²) in [5.74, 6) is -3.96. The molecule has 0 atom stereocenters. The van der Waals surface area contributed by atoms with Crippen LogP contribution in [0.5, 0.6) is 5.75 Å². The molecule has 3 saturated heterocycles. The summed E-state index contributed by atoms with van der Waals surface area (Å²) in [6.45, 7) is 8.15. The van der Waals surface area contributed by atoms with E-state index in [0.717, 1.165) is 106 Å². The zero-order valence-electron chi connectivity index (χ0n) is 35.4. The number of phenolic OH excluding ortho intramolecular Hbond substituents is 1. The molecule has 328 valence electrons. The lowest BCUT2D eigenvalue weighted by Gasteiger charge is -2.49. The van der Waals surface area contributed by atoms with Crippen molar-refractivity contribution >= 4 is 46.0 Å². The molecule has 13 nitrogen and oxygen atoms in total. The second kappa shape index (κ2) is 17.3. The molecule has 0 radical (unpaired) electrons. The Morgan fingerprint density at radius 3 is 2.23 bits per heavy atom. The first-order chi connectivity index (χ1) is 29.9. The van der Waals surface area contributed by atoms with Crippen molar-refractivity contribution in [3.8, 4) is 5.75 Å². The molecule has 3 N–H and O–H groups in total. The Morgan fingerprint density at radius 1 is 0.823 bits per heavy atom. The van der Waals surface area contributed by atoms with Gasteiger partial charge in [-0.05, 0) is 130 Å². The van der Waals surface area contributed by atoms with Crippen LogP contribution in [0.4, 0.5) is 25.0 Å². The molecular weight excluding hydrogens is 795 g/mol. The number of likely N-dealkylation sites (tertiary alicyclic amines) is 1. The molecule has 62 heavy (non-hydrogen) atoms. The zero-order chi connectivity index (χ0) is 43.1. The Balaban J connectivity index is 0.715. The van der Waals surface area contributed by atoms with Gasteiger partial charge in [-0.3, -0.25) is 34.2 Å². The second-order valence-corrected chi connectivity index (χ2v) is 18.3. The van der Waals surface area contributed by atoms with E-state index in [1.807, 2.05) is 24.0 Å². The summed E-state index contributed by atoms with van der Waals surface area (Å²) >= 11 is 0. The van der Waals surface area contributed by atoms with Crippen molar-refractivity contribution in [2.45, 2.75) is 89.6 Å². The number of amides is 5. The van der Waals surface area contributed by atoms with Crippen molar-refractivity contribution in [2.24, 2.45) is 11.3 Å². The monoisotopic (exact) mass is 850 g/mol. The maximum absolute atomic E-state index is 13.7. The van der Waals surface area contributed by atoms with E-state index in [4.69, 9.17) is 5.10 Å². The van der Waals surface area contributed by atoms with Crippen LogP contribution in [-0.4, -0.2) is 107 Å². The van der Waals surface area contributed by atoms with Crippen LogP contribution < -0.4 is 20.4 Å². The number of piperidine rings is 1. The van der Waals surface area contributed by atoms with Crippen LogP contribution in [0, 0.1) is 29.9 Å². The van der Waals surface area contributed by atoms with Gasteiger partial charge in [-0.25, -0.2) is 13.6 Å². The number of aromatic nitrogens is 2. The van der Waals surface area contributed by atoms with Gasteiger partial charge in [0.05, 0.1) is 11.6 Å². The summed E-state index contributed by atoms with van der Waals surface area (Å²) < 4.78 is 29.6. The number of benzene rings is 3. The minimum atomic E-state index is -1.15. The summed E-state index contributed by atoms with van der Waals surface area (Å²) in [5.41, 5.74) is 4.48. The number of aryl methyl sites for hydroxylation is 1. The molecule has 4 heterocycles. The average Bonchev–Trinajstić information content (AvgIpc) is 3.72. The number of nitrogens with one attached hydrogen (secondary N) is 2. The smallest absolute Gasteiger partial charge is 0.328 e. The van der Waals surface area contributed by atoms with Crippen molar-refractivity contribution in [3.05, 3.63) is 83.1 Å². The van der Waals surface area contributed by atoms with Crippen molar-refractivity contribution in [2.75, 3.05) is 62.2 Å². The lowest BCUT2D eigenvalue weighted by molar-refractivity contribution is -0.120. The number of halogens is 2. The zero-order valence-corrected chi connectivity index (χ0v) is 35.4. The third-order valence-electron chi connectivity index (χ3n) is 14.7. The molecule has 9 rings (SSSR count). The van der Waals surface area contributed by atoms with E-state index in [1.54, 1.807) is 11.0 Å². The van der Waals surface area contributed by atoms with Crippen molar-refractivity contribution in [1.82, 2.24) is 30.2 Å². The van der Waals surface area contributed by atoms with Gasteiger partial charge in [0.25, 0.3) is 11.8 Å². The number of carbonyl (C=O) groups excluding carboxylic acids is 4. The van der Waals surface area contributed by atoms with E-state index in [1.165, 1.54) is 31.4 Å². The van der Waals surface area contributed by atoms with Gasteiger partial charge in [0, 0.05) is 98.9 Å².